The number of hydrogen-bond acceptors (Lipinski definition) is 7. The second-order valence-corrected chi connectivity index (χ2v) is 11.8. The molecule has 38 heavy (non-hydrogen) atoms. The Balaban J connectivity index is 1.35. The van der Waals surface area contributed by atoms with E-state index in [4.69, 9.17) is 23.2 Å². The van der Waals surface area contributed by atoms with Crippen molar-refractivity contribution >= 4 is 64.1 Å². The average molecular weight is 572 g/mol. The Morgan fingerprint density at radius 2 is 1.92 bits per heavy atom. The third-order valence-corrected chi connectivity index (χ3v) is 8.40. The zero-order valence-corrected chi connectivity index (χ0v) is 23.9. The predicted octanol–water partition coefficient (Wildman–Crippen LogP) is 5.42. The van der Waals surface area contributed by atoms with Crippen molar-refractivity contribution in [2.75, 3.05) is 43.3 Å². The highest BCUT2D eigenvalue weighted by atomic mass is 35.5. The van der Waals surface area contributed by atoms with Crippen LogP contribution in [0, 0.1) is 0 Å². The van der Waals surface area contributed by atoms with E-state index >= 15 is 0 Å². The van der Waals surface area contributed by atoms with E-state index in [0.29, 0.717) is 51.2 Å². The topological polar surface area (TPSA) is 81.7 Å². The van der Waals surface area contributed by atoms with E-state index in [2.05, 4.69) is 41.3 Å². The second kappa shape index (κ2) is 10.4. The number of aromatic nitrogens is 2. The van der Waals surface area contributed by atoms with Gasteiger partial charge in [-0.2, -0.15) is 0 Å². The molecule has 0 saturated carbocycles. The molecule has 0 saturated heterocycles. The minimum Gasteiger partial charge on any atom is -0.332 e. The van der Waals surface area contributed by atoms with Crippen LogP contribution >= 0.6 is 35.0 Å². The lowest BCUT2D eigenvalue weighted by molar-refractivity contribution is -0.138. The van der Waals surface area contributed by atoms with Crippen LogP contribution in [-0.2, 0) is 16.8 Å². The lowest BCUT2D eigenvalue weighted by Crippen LogP contribution is -2.52. The van der Waals surface area contributed by atoms with Crippen molar-refractivity contribution in [3.05, 3.63) is 69.3 Å². The SMILES string of the molecule is CN(C)CC(=O)N1CCc2cc(Nc3ncc4c(n3)SCN(c3c(Cl)cccc3Cl)C4=O)ccc2C1(C)C. The van der Waals surface area contributed by atoms with Gasteiger partial charge in [-0.15, -0.1) is 0 Å². The van der Waals surface area contributed by atoms with Gasteiger partial charge in [0.25, 0.3) is 5.91 Å². The molecule has 0 atom stereocenters. The van der Waals surface area contributed by atoms with E-state index in [1.807, 2.05) is 30.0 Å². The minimum absolute atomic E-state index is 0.123. The monoisotopic (exact) mass is 570 g/mol. The maximum atomic E-state index is 13.2. The first-order valence-electron chi connectivity index (χ1n) is 12.2. The highest BCUT2D eigenvalue weighted by Crippen LogP contribution is 2.40. The van der Waals surface area contributed by atoms with Crippen molar-refractivity contribution in [1.82, 2.24) is 19.8 Å². The summed E-state index contributed by atoms with van der Waals surface area (Å²) in [6, 6.07) is 11.3. The van der Waals surface area contributed by atoms with Crippen LogP contribution in [0.5, 0.6) is 0 Å². The fourth-order valence-corrected chi connectivity index (χ4v) is 6.53. The van der Waals surface area contributed by atoms with Crippen LogP contribution in [0.15, 0.2) is 47.6 Å². The smallest absolute Gasteiger partial charge is 0.263 e. The molecule has 8 nitrogen and oxygen atoms in total. The molecule has 3 heterocycles. The highest BCUT2D eigenvalue weighted by molar-refractivity contribution is 7.99. The van der Waals surface area contributed by atoms with E-state index in [0.717, 1.165) is 17.7 Å². The summed E-state index contributed by atoms with van der Waals surface area (Å²) in [7, 11) is 3.81. The fraction of sp³-hybridized carbons (Fsp3) is 0.333. The van der Waals surface area contributed by atoms with Crippen molar-refractivity contribution in [2.24, 2.45) is 0 Å². The van der Waals surface area contributed by atoms with Crippen LogP contribution in [0.4, 0.5) is 17.3 Å². The van der Waals surface area contributed by atoms with Crippen LogP contribution in [0.3, 0.4) is 0 Å². The molecular formula is C27H28Cl2N6O2S. The van der Waals surface area contributed by atoms with Gasteiger partial charge in [-0.05, 0) is 69.8 Å². The first-order valence-corrected chi connectivity index (χ1v) is 13.9. The van der Waals surface area contributed by atoms with E-state index in [1.54, 1.807) is 23.1 Å². The third-order valence-electron chi connectivity index (χ3n) is 6.82. The summed E-state index contributed by atoms with van der Waals surface area (Å²) < 4.78 is 0. The number of carbonyl (C=O) groups is 2. The Morgan fingerprint density at radius 3 is 2.63 bits per heavy atom. The summed E-state index contributed by atoms with van der Waals surface area (Å²) >= 11 is 14.1. The van der Waals surface area contributed by atoms with E-state index in [1.165, 1.54) is 23.5 Å². The number of para-hydroxylation sites is 1. The van der Waals surface area contributed by atoms with Crippen LogP contribution in [0.1, 0.15) is 35.3 Å². The molecule has 11 heteroatoms. The Labute approximate surface area is 236 Å². The molecule has 0 unspecified atom stereocenters. The summed E-state index contributed by atoms with van der Waals surface area (Å²) in [5.74, 6) is 0.622. The quantitative estimate of drug-likeness (QED) is 0.410. The standard InChI is InChI=1S/C27H28Cl2N6O2S/c1-27(2)19-9-8-17(12-16(19)10-11-35(27)22(36)14-33(3)4)31-26-30-13-18-24(32-26)38-15-34(25(18)37)23-20(28)6-5-7-21(23)29/h5-9,12-13H,10-11,14-15H2,1-4H3,(H,30,31,32). The lowest BCUT2D eigenvalue weighted by Gasteiger charge is -2.44. The van der Waals surface area contributed by atoms with Crippen LogP contribution in [-0.4, -0.2) is 64.6 Å². The molecule has 5 rings (SSSR count). The first-order chi connectivity index (χ1) is 18.1. The average Bonchev–Trinajstić information content (AvgIpc) is 2.84. The Morgan fingerprint density at radius 1 is 1.18 bits per heavy atom. The van der Waals surface area contributed by atoms with Crippen LogP contribution in [0.2, 0.25) is 10.0 Å². The van der Waals surface area contributed by atoms with E-state index in [9.17, 15) is 9.59 Å². The van der Waals surface area contributed by atoms with Crippen molar-refractivity contribution in [3.63, 3.8) is 0 Å². The predicted molar refractivity (Wildman–Crippen MR) is 153 cm³/mol. The molecule has 2 aliphatic rings. The number of fused-ring (bicyclic) bond motifs is 2. The van der Waals surface area contributed by atoms with Gasteiger partial charge in [0.2, 0.25) is 11.9 Å². The van der Waals surface area contributed by atoms with Gasteiger partial charge in [0.05, 0.1) is 39.3 Å². The summed E-state index contributed by atoms with van der Waals surface area (Å²) in [4.78, 5) is 40.5. The number of nitrogens with one attached hydrogen (secondary N) is 1. The zero-order chi connectivity index (χ0) is 27.2. The van der Waals surface area contributed by atoms with Gasteiger partial charge in [-0.25, -0.2) is 9.97 Å². The number of amides is 2. The van der Waals surface area contributed by atoms with Crippen LogP contribution in [0.25, 0.3) is 0 Å². The second-order valence-electron chi connectivity index (χ2n) is 10.1. The third kappa shape index (κ3) is 4.96. The molecule has 1 aromatic heterocycles. The largest absolute Gasteiger partial charge is 0.332 e. The Kier molecular flexibility index (Phi) is 7.30. The van der Waals surface area contributed by atoms with Crippen molar-refractivity contribution in [3.8, 4) is 0 Å². The number of nitrogens with zero attached hydrogens (tertiary/aromatic N) is 5. The van der Waals surface area contributed by atoms with Gasteiger partial charge in [0.1, 0.15) is 5.03 Å². The summed E-state index contributed by atoms with van der Waals surface area (Å²) in [6.45, 7) is 5.23. The van der Waals surface area contributed by atoms with E-state index < -0.39 is 5.54 Å². The number of thioether (sulfide) groups is 1. The van der Waals surface area contributed by atoms with Crippen molar-refractivity contribution < 1.29 is 9.59 Å². The molecule has 0 spiro atoms. The summed E-state index contributed by atoms with van der Waals surface area (Å²) in [5.41, 5.74) is 3.65. The maximum absolute atomic E-state index is 13.2. The normalized spacial score (nSPS) is 16.3. The molecule has 0 bridgehead atoms. The molecule has 198 valence electrons. The number of anilines is 3. The maximum Gasteiger partial charge on any atom is 0.263 e. The van der Waals surface area contributed by atoms with Gasteiger partial charge in [-0.3, -0.25) is 14.5 Å². The van der Waals surface area contributed by atoms with Gasteiger partial charge in [0, 0.05) is 18.4 Å². The van der Waals surface area contributed by atoms with Crippen molar-refractivity contribution in [2.45, 2.75) is 30.8 Å². The molecule has 2 amide bonds. The number of likely N-dealkylation sites (N-methyl/N-ethyl adjacent to an activating group) is 1. The van der Waals surface area contributed by atoms with E-state index in [-0.39, 0.29) is 11.8 Å². The molecule has 0 aliphatic carbocycles. The van der Waals surface area contributed by atoms with Crippen LogP contribution < -0.4 is 10.2 Å². The van der Waals surface area contributed by atoms with Gasteiger partial charge in [-0.1, -0.05) is 47.1 Å². The lowest BCUT2D eigenvalue weighted by atomic mass is 9.83. The fourth-order valence-electron chi connectivity index (χ4n) is 4.98. The number of benzene rings is 2. The minimum atomic E-state index is -0.408. The number of hydrogen-bond donors (Lipinski definition) is 1. The van der Waals surface area contributed by atoms with Gasteiger partial charge < -0.3 is 15.1 Å². The highest BCUT2D eigenvalue weighted by Gasteiger charge is 2.37. The molecule has 0 fully saturated rings. The first kappa shape index (κ1) is 26.7. The zero-order valence-electron chi connectivity index (χ0n) is 21.6. The molecular weight excluding hydrogens is 543 g/mol. The molecule has 1 N–H and O–H groups in total. The summed E-state index contributed by atoms with van der Waals surface area (Å²) in [6.07, 6.45) is 2.30. The Hall–Kier alpha value is -2.85. The molecule has 2 aliphatic heterocycles. The number of rotatable bonds is 5. The van der Waals surface area contributed by atoms with Gasteiger partial charge in [0.15, 0.2) is 0 Å². The van der Waals surface area contributed by atoms with Gasteiger partial charge >= 0.3 is 0 Å². The number of carbonyl (C=O) groups excluding carboxylic acids is 2. The molecule has 2 aromatic carbocycles. The molecule has 0 radical (unpaired) electrons. The number of halogens is 2. The van der Waals surface area contributed by atoms with Crippen molar-refractivity contribution in [1.29, 1.82) is 0 Å². The molecule has 3 aromatic rings. The summed E-state index contributed by atoms with van der Waals surface area (Å²) in [5, 5.41) is 4.70. The Bertz CT molecular complexity index is 1410.